The summed E-state index contributed by atoms with van der Waals surface area (Å²) in [5.74, 6) is 0.102. The first-order valence-electron chi connectivity index (χ1n) is 7.39. The topological polar surface area (TPSA) is 72.9 Å². The van der Waals surface area contributed by atoms with Crippen molar-refractivity contribution in [3.8, 4) is 5.69 Å². The van der Waals surface area contributed by atoms with Crippen LogP contribution in [-0.2, 0) is 4.79 Å². The molecular formula is C16H21ClN4O. The molecular weight excluding hydrogens is 300 g/mol. The SMILES string of the molecule is Cl.NC1CCCC(C(=O)Nc2cccc(-n3cccn3)c2)C1. The van der Waals surface area contributed by atoms with Crippen LogP contribution < -0.4 is 11.1 Å². The van der Waals surface area contributed by atoms with Crippen molar-refractivity contribution in [2.45, 2.75) is 31.7 Å². The Bertz CT molecular complexity index is 614. The molecule has 1 amide bonds. The third kappa shape index (κ3) is 3.87. The number of hydrogen-bond donors (Lipinski definition) is 2. The molecule has 0 bridgehead atoms. The zero-order valence-electron chi connectivity index (χ0n) is 12.3. The van der Waals surface area contributed by atoms with E-state index in [1.165, 1.54) is 0 Å². The molecule has 1 aromatic carbocycles. The molecule has 3 rings (SSSR count). The number of rotatable bonds is 3. The molecule has 0 spiro atoms. The molecule has 1 aromatic heterocycles. The Morgan fingerprint density at radius 3 is 2.91 bits per heavy atom. The quantitative estimate of drug-likeness (QED) is 0.913. The third-order valence-electron chi connectivity index (χ3n) is 3.97. The van der Waals surface area contributed by atoms with Gasteiger partial charge in [-0.05, 0) is 43.5 Å². The second-order valence-electron chi connectivity index (χ2n) is 5.61. The smallest absolute Gasteiger partial charge is 0.227 e. The predicted molar refractivity (Wildman–Crippen MR) is 89.4 cm³/mol. The fourth-order valence-electron chi connectivity index (χ4n) is 2.86. The average molecular weight is 321 g/mol. The Balaban J connectivity index is 0.00000176. The summed E-state index contributed by atoms with van der Waals surface area (Å²) in [5, 5.41) is 7.19. The summed E-state index contributed by atoms with van der Waals surface area (Å²) < 4.78 is 1.77. The second kappa shape index (κ2) is 7.42. The first kappa shape index (κ1) is 16.5. The van der Waals surface area contributed by atoms with Crippen LogP contribution in [0.1, 0.15) is 25.7 Å². The van der Waals surface area contributed by atoms with Gasteiger partial charge in [-0.2, -0.15) is 5.10 Å². The average Bonchev–Trinajstić information content (AvgIpc) is 3.02. The van der Waals surface area contributed by atoms with Gasteiger partial charge >= 0.3 is 0 Å². The van der Waals surface area contributed by atoms with Gasteiger partial charge in [0.05, 0.1) is 5.69 Å². The molecule has 6 heteroatoms. The van der Waals surface area contributed by atoms with Crippen molar-refractivity contribution in [1.82, 2.24) is 9.78 Å². The number of aromatic nitrogens is 2. The number of anilines is 1. The van der Waals surface area contributed by atoms with Crippen molar-refractivity contribution in [1.29, 1.82) is 0 Å². The van der Waals surface area contributed by atoms with Crippen molar-refractivity contribution in [2.75, 3.05) is 5.32 Å². The number of nitrogens with zero attached hydrogens (tertiary/aromatic N) is 2. The van der Waals surface area contributed by atoms with E-state index >= 15 is 0 Å². The Morgan fingerprint density at radius 1 is 1.32 bits per heavy atom. The molecule has 1 aliphatic carbocycles. The molecule has 0 radical (unpaired) electrons. The number of carbonyl (C=O) groups excluding carboxylic acids is 1. The minimum atomic E-state index is 0. The van der Waals surface area contributed by atoms with Crippen molar-refractivity contribution in [3.63, 3.8) is 0 Å². The molecule has 5 nitrogen and oxygen atoms in total. The summed E-state index contributed by atoms with van der Waals surface area (Å²) in [6.45, 7) is 0. The van der Waals surface area contributed by atoms with E-state index in [1.54, 1.807) is 10.9 Å². The summed E-state index contributed by atoms with van der Waals surface area (Å²) in [6.07, 6.45) is 7.38. The van der Waals surface area contributed by atoms with Gasteiger partial charge in [0.1, 0.15) is 0 Å². The van der Waals surface area contributed by atoms with E-state index in [0.29, 0.717) is 0 Å². The Labute approximate surface area is 136 Å². The van der Waals surface area contributed by atoms with E-state index in [-0.39, 0.29) is 30.3 Å². The maximum atomic E-state index is 12.3. The molecule has 2 atom stereocenters. The first-order chi connectivity index (χ1) is 10.2. The Kier molecular flexibility index (Phi) is 5.57. The van der Waals surface area contributed by atoms with Crippen molar-refractivity contribution >= 4 is 24.0 Å². The van der Waals surface area contributed by atoms with Gasteiger partial charge in [0.25, 0.3) is 0 Å². The predicted octanol–water partition coefficient (Wildman–Crippen LogP) is 2.75. The van der Waals surface area contributed by atoms with Crippen LogP contribution in [-0.4, -0.2) is 21.7 Å². The number of nitrogens with one attached hydrogen (secondary N) is 1. The standard InChI is InChI=1S/C16H20N4O.ClH/c17-13-5-1-4-12(10-13)16(21)19-14-6-2-7-15(11-14)20-9-3-8-18-20;/h2-3,6-9,11-13H,1,4-5,10,17H2,(H,19,21);1H. The van der Waals surface area contributed by atoms with E-state index < -0.39 is 0 Å². The maximum absolute atomic E-state index is 12.3. The van der Waals surface area contributed by atoms with Gasteiger partial charge < -0.3 is 11.1 Å². The summed E-state index contributed by atoms with van der Waals surface area (Å²) >= 11 is 0. The molecule has 2 unspecified atom stereocenters. The number of hydrogen-bond acceptors (Lipinski definition) is 3. The minimum absolute atomic E-state index is 0. The molecule has 2 aromatic rings. The lowest BCUT2D eigenvalue weighted by Crippen LogP contribution is -2.34. The zero-order valence-corrected chi connectivity index (χ0v) is 13.1. The van der Waals surface area contributed by atoms with Gasteiger partial charge in [0.15, 0.2) is 0 Å². The number of amides is 1. The minimum Gasteiger partial charge on any atom is -0.328 e. The van der Waals surface area contributed by atoms with E-state index in [1.807, 2.05) is 36.5 Å². The molecule has 3 N–H and O–H groups in total. The normalized spacial score (nSPS) is 21.0. The molecule has 0 aliphatic heterocycles. The van der Waals surface area contributed by atoms with Gasteiger partial charge in [-0.1, -0.05) is 12.5 Å². The molecule has 1 heterocycles. The lowest BCUT2D eigenvalue weighted by molar-refractivity contribution is -0.120. The highest BCUT2D eigenvalue weighted by Gasteiger charge is 2.25. The number of carbonyl (C=O) groups is 1. The van der Waals surface area contributed by atoms with Crippen LogP contribution >= 0.6 is 12.4 Å². The van der Waals surface area contributed by atoms with Crippen LogP contribution in [0.25, 0.3) is 5.69 Å². The molecule has 118 valence electrons. The number of halogens is 1. The van der Waals surface area contributed by atoms with Crippen LogP contribution in [0.4, 0.5) is 5.69 Å². The van der Waals surface area contributed by atoms with Gasteiger partial charge in [-0.15, -0.1) is 12.4 Å². The molecule has 1 aliphatic rings. The van der Waals surface area contributed by atoms with Crippen LogP contribution in [0, 0.1) is 5.92 Å². The fourth-order valence-corrected chi connectivity index (χ4v) is 2.86. The van der Waals surface area contributed by atoms with Crippen LogP contribution in [0.2, 0.25) is 0 Å². The van der Waals surface area contributed by atoms with Gasteiger partial charge in [0, 0.05) is 30.0 Å². The molecule has 1 saturated carbocycles. The van der Waals surface area contributed by atoms with Gasteiger partial charge in [-0.25, -0.2) is 4.68 Å². The fraction of sp³-hybridized carbons (Fsp3) is 0.375. The van der Waals surface area contributed by atoms with Crippen LogP contribution in [0.5, 0.6) is 0 Å². The Morgan fingerprint density at radius 2 is 2.18 bits per heavy atom. The van der Waals surface area contributed by atoms with Crippen molar-refractivity contribution in [2.24, 2.45) is 11.7 Å². The second-order valence-corrected chi connectivity index (χ2v) is 5.61. The molecule has 0 saturated heterocycles. The van der Waals surface area contributed by atoms with E-state index in [0.717, 1.165) is 37.1 Å². The highest BCUT2D eigenvalue weighted by atomic mass is 35.5. The van der Waals surface area contributed by atoms with E-state index in [2.05, 4.69) is 10.4 Å². The summed E-state index contributed by atoms with van der Waals surface area (Å²) in [7, 11) is 0. The van der Waals surface area contributed by atoms with Crippen LogP contribution in [0.3, 0.4) is 0 Å². The largest absolute Gasteiger partial charge is 0.328 e. The molecule has 22 heavy (non-hydrogen) atoms. The molecule has 1 fully saturated rings. The first-order valence-corrected chi connectivity index (χ1v) is 7.39. The highest BCUT2D eigenvalue weighted by Crippen LogP contribution is 2.25. The monoisotopic (exact) mass is 320 g/mol. The zero-order chi connectivity index (χ0) is 14.7. The highest BCUT2D eigenvalue weighted by molar-refractivity contribution is 5.92. The van der Waals surface area contributed by atoms with Gasteiger partial charge in [-0.3, -0.25) is 4.79 Å². The number of benzene rings is 1. The Hall–Kier alpha value is -1.85. The summed E-state index contributed by atoms with van der Waals surface area (Å²) in [4.78, 5) is 12.3. The van der Waals surface area contributed by atoms with Crippen molar-refractivity contribution in [3.05, 3.63) is 42.7 Å². The third-order valence-corrected chi connectivity index (χ3v) is 3.97. The van der Waals surface area contributed by atoms with Crippen molar-refractivity contribution < 1.29 is 4.79 Å². The van der Waals surface area contributed by atoms with E-state index in [9.17, 15) is 4.79 Å². The summed E-state index contributed by atoms with van der Waals surface area (Å²) in [6, 6.07) is 9.72. The maximum Gasteiger partial charge on any atom is 0.227 e. The van der Waals surface area contributed by atoms with Gasteiger partial charge in [0.2, 0.25) is 5.91 Å². The van der Waals surface area contributed by atoms with Crippen LogP contribution in [0.15, 0.2) is 42.7 Å². The lowest BCUT2D eigenvalue weighted by atomic mass is 9.85. The summed E-state index contributed by atoms with van der Waals surface area (Å²) in [5.41, 5.74) is 7.68. The van der Waals surface area contributed by atoms with E-state index in [4.69, 9.17) is 5.73 Å². The number of nitrogens with two attached hydrogens (primary N) is 1. The lowest BCUT2D eigenvalue weighted by Gasteiger charge is -2.25.